The molecular weight excluding hydrogens is 567 g/mol. The summed E-state index contributed by atoms with van der Waals surface area (Å²) in [6, 6.07) is 10.4. The Morgan fingerprint density at radius 1 is 1.16 bits per heavy atom. The zero-order valence-corrected chi connectivity index (χ0v) is 26.4. The van der Waals surface area contributed by atoms with E-state index < -0.39 is 20.2 Å². The lowest BCUT2D eigenvalue weighted by Crippen LogP contribution is -2.44. The molecule has 1 atom stereocenters. The molecule has 228 valence electrons. The molecule has 0 aliphatic carbocycles. The fourth-order valence-electron chi connectivity index (χ4n) is 5.06. The highest BCUT2D eigenvalue weighted by molar-refractivity contribution is 6.74. The van der Waals surface area contributed by atoms with Gasteiger partial charge in [-0.05, 0) is 66.9 Å². The number of nitrogens with one attached hydrogen (secondary N) is 4. The molecule has 3 aromatic rings. The van der Waals surface area contributed by atoms with Crippen molar-refractivity contribution in [1.29, 1.82) is 0 Å². The summed E-state index contributed by atoms with van der Waals surface area (Å²) in [6.07, 6.45) is 1.30. The molecule has 0 unspecified atom stereocenters. The molecule has 1 saturated heterocycles. The van der Waals surface area contributed by atoms with Crippen LogP contribution in [0.3, 0.4) is 0 Å². The maximum absolute atomic E-state index is 15.2. The Bertz CT molecular complexity index is 1570. The second kappa shape index (κ2) is 11.5. The molecule has 0 bridgehead atoms. The first-order valence-electron chi connectivity index (χ1n) is 14.4. The third-order valence-corrected chi connectivity index (χ3v) is 12.8. The molecular formula is C31H39FN6O4Si. The number of benzene rings is 2. The zero-order valence-electron chi connectivity index (χ0n) is 25.4. The second-order valence-electron chi connectivity index (χ2n) is 12.8. The summed E-state index contributed by atoms with van der Waals surface area (Å²) >= 11 is 0. The standard InChI is InChI=1S/C31H39FN6O4Si/c1-18-13-21(32)24(15-26(18)42-43(5,6)31(2,3)4)35-23-9-11-33-28-27(23)29(39)37-25-14-19(7-8-22(25)36-28)16-38-12-10-20(17-38)34-30(40)41/h7-9,11,13-15,20,34H,10,12,16-17H2,1-6H3,(H,37,39)(H,40,41)(H2,33,35,36)/t20-/m0/s1. The van der Waals surface area contributed by atoms with Crippen molar-refractivity contribution >= 4 is 48.9 Å². The largest absolute Gasteiger partial charge is 0.543 e. The average molecular weight is 607 g/mol. The zero-order chi connectivity index (χ0) is 31.1. The minimum Gasteiger partial charge on any atom is -0.543 e. The first-order chi connectivity index (χ1) is 20.2. The van der Waals surface area contributed by atoms with Crippen LogP contribution in [0.4, 0.5) is 37.8 Å². The van der Waals surface area contributed by atoms with Gasteiger partial charge in [0.2, 0.25) is 8.32 Å². The van der Waals surface area contributed by atoms with Gasteiger partial charge in [0.15, 0.2) is 0 Å². The SMILES string of the molecule is Cc1cc(F)c(Nc2ccnc3c2C(=O)Nc2cc(CN4CC[C@H](NC(=O)O)C4)ccc2N3)cc1O[Si](C)(C)C(C)(C)C. The highest BCUT2D eigenvalue weighted by atomic mass is 28.4. The summed E-state index contributed by atoms with van der Waals surface area (Å²) in [5, 5.41) is 20.9. The van der Waals surface area contributed by atoms with E-state index in [0.29, 0.717) is 47.3 Å². The van der Waals surface area contributed by atoms with E-state index in [-0.39, 0.29) is 28.2 Å². The van der Waals surface area contributed by atoms with Crippen molar-refractivity contribution in [2.45, 2.75) is 64.8 Å². The predicted octanol–water partition coefficient (Wildman–Crippen LogP) is 6.81. The summed E-state index contributed by atoms with van der Waals surface area (Å²) in [4.78, 5) is 31.1. The molecule has 3 heterocycles. The second-order valence-corrected chi connectivity index (χ2v) is 17.5. The van der Waals surface area contributed by atoms with Gasteiger partial charge in [0.25, 0.3) is 5.91 Å². The van der Waals surface area contributed by atoms with E-state index in [1.165, 1.54) is 6.07 Å². The van der Waals surface area contributed by atoms with Crippen molar-refractivity contribution in [2.75, 3.05) is 29.0 Å². The minimum atomic E-state index is -2.18. The number of carbonyl (C=O) groups excluding carboxylic acids is 1. The summed E-state index contributed by atoms with van der Waals surface area (Å²) in [5.74, 6) is 0.122. The van der Waals surface area contributed by atoms with Crippen LogP contribution in [0.25, 0.3) is 0 Å². The molecule has 5 N–H and O–H groups in total. The van der Waals surface area contributed by atoms with Crippen molar-refractivity contribution in [3.05, 3.63) is 65.1 Å². The van der Waals surface area contributed by atoms with E-state index in [1.54, 1.807) is 18.3 Å². The van der Waals surface area contributed by atoms with Crippen LogP contribution in [0, 0.1) is 12.7 Å². The van der Waals surface area contributed by atoms with E-state index in [9.17, 15) is 9.59 Å². The maximum atomic E-state index is 15.2. The molecule has 1 aromatic heterocycles. The normalized spacial score (nSPS) is 16.8. The smallest absolute Gasteiger partial charge is 0.404 e. The summed E-state index contributed by atoms with van der Waals surface area (Å²) < 4.78 is 21.7. The molecule has 2 aliphatic heterocycles. The molecule has 0 radical (unpaired) electrons. The number of anilines is 5. The Morgan fingerprint density at radius 2 is 1.93 bits per heavy atom. The first kappa shape index (κ1) is 30.3. The lowest BCUT2D eigenvalue weighted by Gasteiger charge is -2.37. The van der Waals surface area contributed by atoms with E-state index in [2.05, 4.69) is 65.0 Å². The van der Waals surface area contributed by atoms with E-state index in [4.69, 9.17) is 9.53 Å². The third kappa shape index (κ3) is 6.60. The Balaban J connectivity index is 1.37. The number of aryl methyl sites for hydroxylation is 1. The van der Waals surface area contributed by atoms with Crippen LogP contribution in [-0.2, 0) is 6.54 Å². The first-order valence-corrected chi connectivity index (χ1v) is 17.3. The quantitative estimate of drug-likeness (QED) is 0.186. The molecule has 10 nitrogen and oxygen atoms in total. The topological polar surface area (TPSA) is 128 Å². The van der Waals surface area contributed by atoms with Gasteiger partial charge in [0, 0.05) is 37.9 Å². The highest BCUT2D eigenvalue weighted by Gasteiger charge is 2.39. The number of carbonyl (C=O) groups is 2. The molecule has 0 spiro atoms. The van der Waals surface area contributed by atoms with E-state index in [1.807, 2.05) is 25.1 Å². The van der Waals surface area contributed by atoms with Gasteiger partial charge in [-0.1, -0.05) is 26.8 Å². The van der Waals surface area contributed by atoms with Crippen LogP contribution in [0.15, 0.2) is 42.6 Å². The van der Waals surface area contributed by atoms with Crippen LogP contribution in [-0.4, -0.2) is 54.4 Å². The van der Waals surface area contributed by atoms with Gasteiger partial charge < -0.3 is 30.8 Å². The van der Waals surface area contributed by atoms with Gasteiger partial charge in [0.05, 0.1) is 22.7 Å². The number of carboxylic acid groups (broad SMARTS) is 1. The molecule has 0 saturated carbocycles. The predicted molar refractivity (Wildman–Crippen MR) is 169 cm³/mol. The number of amides is 2. The Kier molecular flexibility index (Phi) is 8.10. The van der Waals surface area contributed by atoms with Crippen LogP contribution in [0.5, 0.6) is 5.75 Å². The van der Waals surface area contributed by atoms with Crippen LogP contribution in [0.2, 0.25) is 18.1 Å². The number of nitrogens with zero attached hydrogens (tertiary/aromatic N) is 2. The van der Waals surface area contributed by atoms with Crippen LogP contribution >= 0.6 is 0 Å². The number of hydrogen-bond donors (Lipinski definition) is 5. The highest BCUT2D eigenvalue weighted by Crippen LogP contribution is 2.40. The number of likely N-dealkylation sites (tertiary alicyclic amines) is 1. The Labute approximate surface area is 252 Å². The molecule has 12 heteroatoms. The maximum Gasteiger partial charge on any atom is 0.404 e. The molecule has 1 fully saturated rings. The fourth-order valence-corrected chi connectivity index (χ4v) is 6.14. The summed E-state index contributed by atoms with van der Waals surface area (Å²) in [7, 11) is -2.18. The molecule has 2 aromatic carbocycles. The lowest BCUT2D eigenvalue weighted by molar-refractivity contribution is 0.102. The van der Waals surface area contributed by atoms with Gasteiger partial charge in [0.1, 0.15) is 22.9 Å². The number of fused-ring (bicyclic) bond motifs is 2. The van der Waals surface area contributed by atoms with Crippen molar-refractivity contribution in [3.8, 4) is 5.75 Å². The molecule has 2 amide bonds. The van der Waals surface area contributed by atoms with E-state index in [0.717, 1.165) is 18.5 Å². The fraction of sp³-hybridized carbons (Fsp3) is 0.387. The molecule has 5 rings (SSSR count). The van der Waals surface area contributed by atoms with Crippen molar-refractivity contribution in [1.82, 2.24) is 15.2 Å². The van der Waals surface area contributed by atoms with Gasteiger partial charge in [-0.3, -0.25) is 9.69 Å². The lowest BCUT2D eigenvalue weighted by atomic mass is 10.1. The minimum absolute atomic E-state index is 0.0308. The summed E-state index contributed by atoms with van der Waals surface area (Å²) in [5.41, 5.74) is 3.81. The number of halogens is 1. The number of pyridine rings is 1. The van der Waals surface area contributed by atoms with Gasteiger partial charge in [-0.15, -0.1) is 0 Å². The van der Waals surface area contributed by atoms with Crippen molar-refractivity contribution in [2.24, 2.45) is 0 Å². The third-order valence-electron chi connectivity index (χ3n) is 8.47. The van der Waals surface area contributed by atoms with Crippen molar-refractivity contribution < 1.29 is 23.5 Å². The van der Waals surface area contributed by atoms with E-state index >= 15 is 4.39 Å². The van der Waals surface area contributed by atoms with Crippen LogP contribution in [0.1, 0.15) is 48.7 Å². The monoisotopic (exact) mass is 606 g/mol. The summed E-state index contributed by atoms with van der Waals surface area (Å²) in [6.45, 7) is 14.6. The average Bonchev–Trinajstić information content (AvgIpc) is 3.27. The number of hydrogen-bond acceptors (Lipinski definition) is 7. The Hall–Kier alpha value is -4.16. The van der Waals surface area contributed by atoms with Gasteiger partial charge in [-0.25, -0.2) is 14.2 Å². The molecule has 43 heavy (non-hydrogen) atoms. The number of rotatable bonds is 7. The van der Waals surface area contributed by atoms with Gasteiger partial charge in [-0.2, -0.15) is 0 Å². The van der Waals surface area contributed by atoms with Crippen LogP contribution < -0.4 is 25.7 Å². The number of aromatic nitrogens is 1. The Morgan fingerprint density at radius 3 is 2.65 bits per heavy atom. The van der Waals surface area contributed by atoms with Gasteiger partial charge >= 0.3 is 6.09 Å². The van der Waals surface area contributed by atoms with Crippen molar-refractivity contribution in [3.63, 3.8) is 0 Å². The molecule has 2 aliphatic rings.